The Morgan fingerprint density at radius 2 is 1.97 bits per heavy atom. The Labute approximate surface area is 175 Å². The molecule has 0 spiro atoms. The zero-order chi connectivity index (χ0) is 20.9. The van der Waals surface area contributed by atoms with Gasteiger partial charge in [0.1, 0.15) is 17.3 Å². The molecule has 30 heavy (non-hydrogen) atoms. The second kappa shape index (κ2) is 9.04. The van der Waals surface area contributed by atoms with Crippen LogP contribution in [0.3, 0.4) is 0 Å². The van der Waals surface area contributed by atoms with Gasteiger partial charge in [-0.2, -0.15) is 0 Å². The van der Waals surface area contributed by atoms with E-state index in [2.05, 4.69) is 32.4 Å². The highest BCUT2D eigenvalue weighted by Gasteiger charge is 2.28. The van der Waals surface area contributed by atoms with Crippen molar-refractivity contribution in [1.82, 2.24) is 15.4 Å². The van der Waals surface area contributed by atoms with E-state index in [1.807, 2.05) is 24.3 Å². The van der Waals surface area contributed by atoms with E-state index in [9.17, 15) is 4.79 Å². The van der Waals surface area contributed by atoms with Crippen LogP contribution < -0.4 is 15.0 Å². The number of nitrogens with zero attached hydrogens (tertiary/aromatic N) is 3. The smallest absolute Gasteiger partial charge is 0.273 e. The van der Waals surface area contributed by atoms with Crippen molar-refractivity contribution in [3.05, 3.63) is 65.9 Å². The zero-order valence-electron chi connectivity index (χ0n) is 17.2. The average molecular weight is 410 g/mol. The summed E-state index contributed by atoms with van der Waals surface area (Å²) in [5.41, 5.74) is 1.47. The maximum atomic E-state index is 12.4. The number of aromatic nitrogens is 1. The Balaban J connectivity index is 1.39. The summed E-state index contributed by atoms with van der Waals surface area (Å²) in [4.78, 5) is 17.1. The van der Waals surface area contributed by atoms with E-state index in [1.165, 1.54) is 5.69 Å². The maximum absolute atomic E-state index is 12.4. The minimum absolute atomic E-state index is 0.0463. The van der Waals surface area contributed by atoms with Gasteiger partial charge in [0.05, 0.1) is 19.4 Å². The highest BCUT2D eigenvalue weighted by molar-refractivity contribution is 5.92. The molecule has 1 saturated heterocycles. The second-order valence-electron chi connectivity index (χ2n) is 7.29. The first-order chi connectivity index (χ1) is 14.6. The molecule has 3 aromatic rings. The zero-order valence-corrected chi connectivity index (χ0v) is 17.2. The van der Waals surface area contributed by atoms with Crippen LogP contribution in [0.25, 0.3) is 0 Å². The molecule has 1 unspecified atom stereocenters. The molecule has 3 heterocycles. The summed E-state index contributed by atoms with van der Waals surface area (Å²) >= 11 is 0. The van der Waals surface area contributed by atoms with Gasteiger partial charge < -0.3 is 23.9 Å². The standard InChI is InChI=1S/C22H26N4O4/c1-16-14-19(24-30-16)22(27)23-15-20(21-4-3-13-29-21)26-11-9-25(10-12-26)17-5-7-18(28-2)8-6-17/h3-8,13-14,20H,9-12,15H2,1-2H3,(H,23,27). The van der Waals surface area contributed by atoms with Gasteiger partial charge in [0, 0.05) is 44.5 Å². The van der Waals surface area contributed by atoms with Crippen LogP contribution in [-0.4, -0.2) is 55.8 Å². The molecular weight excluding hydrogens is 384 g/mol. The Bertz CT molecular complexity index is 944. The fraction of sp³-hybridized carbons (Fsp3) is 0.364. The van der Waals surface area contributed by atoms with Gasteiger partial charge in [0.15, 0.2) is 5.69 Å². The first-order valence-corrected chi connectivity index (χ1v) is 10.0. The lowest BCUT2D eigenvalue weighted by Crippen LogP contribution is -2.49. The van der Waals surface area contributed by atoms with E-state index in [4.69, 9.17) is 13.7 Å². The fourth-order valence-corrected chi connectivity index (χ4v) is 3.73. The molecule has 8 heteroatoms. The summed E-state index contributed by atoms with van der Waals surface area (Å²) in [6, 6.07) is 13.5. The van der Waals surface area contributed by atoms with E-state index in [0.717, 1.165) is 37.7 Å². The number of ether oxygens (including phenoxy) is 1. The van der Waals surface area contributed by atoms with E-state index in [1.54, 1.807) is 26.4 Å². The molecule has 0 saturated carbocycles. The van der Waals surface area contributed by atoms with Crippen molar-refractivity contribution in [2.24, 2.45) is 0 Å². The van der Waals surface area contributed by atoms with Gasteiger partial charge >= 0.3 is 0 Å². The molecule has 0 bridgehead atoms. The highest BCUT2D eigenvalue weighted by atomic mass is 16.5. The number of hydrogen-bond acceptors (Lipinski definition) is 7. The van der Waals surface area contributed by atoms with Crippen molar-refractivity contribution >= 4 is 11.6 Å². The number of anilines is 1. The molecule has 1 aliphatic rings. The van der Waals surface area contributed by atoms with Crippen LogP contribution in [0.1, 0.15) is 28.1 Å². The number of benzene rings is 1. The molecule has 2 aromatic heterocycles. The molecule has 8 nitrogen and oxygen atoms in total. The van der Waals surface area contributed by atoms with Crippen molar-refractivity contribution in [2.45, 2.75) is 13.0 Å². The maximum Gasteiger partial charge on any atom is 0.273 e. The predicted molar refractivity (Wildman–Crippen MR) is 112 cm³/mol. The van der Waals surface area contributed by atoms with Crippen LogP contribution >= 0.6 is 0 Å². The summed E-state index contributed by atoms with van der Waals surface area (Å²) in [5.74, 6) is 2.05. The number of nitrogens with one attached hydrogen (secondary N) is 1. The third-order valence-corrected chi connectivity index (χ3v) is 5.38. The molecule has 0 aliphatic carbocycles. The van der Waals surface area contributed by atoms with Crippen LogP contribution in [-0.2, 0) is 0 Å². The van der Waals surface area contributed by atoms with E-state index in [-0.39, 0.29) is 17.6 Å². The molecule has 1 amide bonds. The third kappa shape index (κ3) is 4.49. The van der Waals surface area contributed by atoms with E-state index in [0.29, 0.717) is 12.3 Å². The van der Waals surface area contributed by atoms with Crippen LogP contribution in [0.5, 0.6) is 5.75 Å². The van der Waals surface area contributed by atoms with Gasteiger partial charge in [-0.15, -0.1) is 0 Å². The molecule has 1 N–H and O–H groups in total. The third-order valence-electron chi connectivity index (χ3n) is 5.38. The number of amides is 1. The lowest BCUT2D eigenvalue weighted by molar-refractivity contribution is 0.0914. The Morgan fingerprint density at radius 3 is 2.57 bits per heavy atom. The van der Waals surface area contributed by atoms with Gasteiger partial charge in [-0.1, -0.05) is 5.16 Å². The minimum Gasteiger partial charge on any atom is -0.497 e. The summed E-state index contributed by atoms with van der Waals surface area (Å²) in [5, 5.41) is 6.75. The Hall–Kier alpha value is -3.26. The number of hydrogen-bond donors (Lipinski definition) is 1. The Kier molecular flexibility index (Phi) is 6.04. The lowest BCUT2D eigenvalue weighted by atomic mass is 10.1. The predicted octanol–water partition coefficient (Wildman–Crippen LogP) is 2.88. The molecule has 1 atom stereocenters. The van der Waals surface area contributed by atoms with Crippen molar-refractivity contribution in [2.75, 3.05) is 44.7 Å². The number of methoxy groups -OCH3 is 1. The van der Waals surface area contributed by atoms with Gasteiger partial charge in [-0.25, -0.2) is 0 Å². The van der Waals surface area contributed by atoms with E-state index >= 15 is 0 Å². The molecule has 0 radical (unpaired) electrons. The number of carbonyl (C=O) groups is 1. The topological polar surface area (TPSA) is 84.0 Å². The Morgan fingerprint density at radius 1 is 1.20 bits per heavy atom. The number of carbonyl (C=O) groups excluding carboxylic acids is 1. The van der Waals surface area contributed by atoms with E-state index < -0.39 is 0 Å². The molecule has 1 aliphatic heterocycles. The summed E-state index contributed by atoms with van der Waals surface area (Å²) in [6.07, 6.45) is 1.67. The lowest BCUT2D eigenvalue weighted by Gasteiger charge is -2.39. The second-order valence-corrected chi connectivity index (χ2v) is 7.29. The van der Waals surface area contributed by atoms with Gasteiger partial charge in [0.25, 0.3) is 5.91 Å². The monoisotopic (exact) mass is 410 g/mol. The van der Waals surface area contributed by atoms with Gasteiger partial charge in [-0.3, -0.25) is 9.69 Å². The molecule has 158 valence electrons. The first kappa shape index (κ1) is 20.0. The quantitative estimate of drug-likeness (QED) is 0.641. The average Bonchev–Trinajstić information content (AvgIpc) is 3.46. The molecule has 1 aromatic carbocycles. The number of piperazine rings is 1. The highest BCUT2D eigenvalue weighted by Crippen LogP contribution is 2.25. The van der Waals surface area contributed by atoms with Crippen molar-refractivity contribution < 1.29 is 18.5 Å². The van der Waals surface area contributed by atoms with Crippen LogP contribution in [0.2, 0.25) is 0 Å². The van der Waals surface area contributed by atoms with Gasteiger partial charge in [0.2, 0.25) is 0 Å². The van der Waals surface area contributed by atoms with Crippen molar-refractivity contribution in [1.29, 1.82) is 0 Å². The largest absolute Gasteiger partial charge is 0.497 e. The van der Waals surface area contributed by atoms with Crippen LogP contribution in [0.15, 0.2) is 57.7 Å². The van der Waals surface area contributed by atoms with Crippen LogP contribution in [0, 0.1) is 6.92 Å². The normalized spacial score (nSPS) is 15.7. The molecule has 1 fully saturated rings. The van der Waals surface area contributed by atoms with Crippen LogP contribution in [0.4, 0.5) is 5.69 Å². The number of furan rings is 1. The summed E-state index contributed by atoms with van der Waals surface area (Å²) < 4.78 is 15.9. The van der Waals surface area contributed by atoms with Gasteiger partial charge in [-0.05, 0) is 43.3 Å². The van der Waals surface area contributed by atoms with Crippen molar-refractivity contribution in [3.8, 4) is 5.75 Å². The molecular formula is C22H26N4O4. The van der Waals surface area contributed by atoms with Crippen molar-refractivity contribution in [3.63, 3.8) is 0 Å². The number of aryl methyl sites for hydroxylation is 1. The SMILES string of the molecule is COc1ccc(N2CCN(C(CNC(=O)c3cc(C)on3)c3ccco3)CC2)cc1. The summed E-state index contributed by atoms with van der Waals surface area (Å²) in [6.45, 7) is 5.69. The summed E-state index contributed by atoms with van der Waals surface area (Å²) in [7, 11) is 1.67. The minimum atomic E-state index is -0.250. The first-order valence-electron chi connectivity index (χ1n) is 10.0. The molecule has 4 rings (SSSR count). The fourth-order valence-electron chi connectivity index (χ4n) is 3.73. The number of rotatable bonds is 7.